The molecule has 0 unspecified atom stereocenters. The number of primary amides is 1. The lowest BCUT2D eigenvalue weighted by atomic mass is 9.85. The van der Waals surface area contributed by atoms with Crippen molar-refractivity contribution in [1.82, 2.24) is 4.90 Å². The second-order valence-electron chi connectivity index (χ2n) is 6.64. The van der Waals surface area contributed by atoms with Gasteiger partial charge in [0.25, 0.3) is 0 Å². The highest BCUT2D eigenvalue weighted by Crippen LogP contribution is 2.54. The molecule has 118 valence electrons. The molecule has 2 bridgehead atoms. The molecule has 1 saturated heterocycles. The topological polar surface area (TPSA) is 80.5 Å². The first kappa shape index (κ1) is 14.2. The molecule has 2 aliphatic carbocycles. The molecular formula is C18H18N2O3. The molecule has 1 heterocycles. The predicted octanol–water partition coefficient (Wildman–Crippen LogP) is 1.41. The highest BCUT2D eigenvalue weighted by molar-refractivity contribution is 6.07. The molecule has 2 fully saturated rings. The summed E-state index contributed by atoms with van der Waals surface area (Å²) in [5.74, 6) is -0.988. The Kier molecular flexibility index (Phi) is 3.11. The van der Waals surface area contributed by atoms with E-state index >= 15 is 0 Å². The molecule has 1 aromatic carbocycles. The van der Waals surface area contributed by atoms with Crippen LogP contribution in [0.25, 0.3) is 0 Å². The lowest BCUT2D eigenvalue weighted by Gasteiger charge is -2.27. The predicted molar refractivity (Wildman–Crippen MR) is 82.6 cm³/mol. The minimum absolute atomic E-state index is 0.0380. The van der Waals surface area contributed by atoms with E-state index in [4.69, 9.17) is 5.73 Å². The van der Waals surface area contributed by atoms with E-state index in [-0.39, 0.29) is 41.9 Å². The van der Waals surface area contributed by atoms with Gasteiger partial charge in [0.05, 0.1) is 24.3 Å². The van der Waals surface area contributed by atoms with E-state index in [1.807, 2.05) is 30.3 Å². The quantitative estimate of drug-likeness (QED) is 0.674. The summed E-state index contributed by atoms with van der Waals surface area (Å²) >= 11 is 0. The van der Waals surface area contributed by atoms with Crippen LogP contribution in [0.3, 0.4) is 0 Å². The van der Waals surface area contributed by atoms with E-state index in [9.17, 15) is 14.4 Å². The fourth-order valence-corrected chi connectivity index (χ4v) is 4.46. The Labute approximate surface area is 134 Å². The van der Waals surface area contributed by atoms with Crippen molar-refractivity contribution in [3.05, 3.63) is 48.0 Å². The van der Waals surface area contributed by atoms with Crippen LogP contribution < -0.4 is 5.73 Å². The molecule has 1 aliphatic heterocycles. The number of nitrogens with two attached hydrogens (primary N) is 1. The Bertz CT molecular complexity index is 682. The normalized spacial score (nSPS) is 32.4. The second-order valence-corrected chi connectivity index (χ2v) is 6.64. The smallest absolute Gasteiger partial charge is 0.234 e. The van der Waals surface area contributed by atoms with Crippen molar-refractivity contribution in [1.29, 1.82) is 0 Å². The minimum atomic E-state index is -0.598. The fourth-order valence-electron chi connectivity index (χ4n) is 4.46. The zero-order valence-corrected chi connectivity index (χ0v) is 12.6. The van der Waals surface area contributed by atoms with Gasteiger partial charge in [0.2, 0.25) is 17.7 Å². The summed E-state index contributed by atoms with van der Waals surface area (Å²) in [6, 6.07) is 8.58. The van der Waals surface area contributed by atoms with Gasteiger partial charge in [0, 0.05) is 0 Å². The number of hydrogen-bond acceptors (Lipinski definition) is 3. The molecule has 5 heteroatoms. The van der Waals surface area contributed by atoms with Crippen molar-refractivity contribution in [2.75, 3.05) is 0 Å². The summed E-state index contributed by atoms with van der Waals surface area (Å²) < 4.78 is 0. The van der Waals surface area contributed by atoms with Gasteiger partial charge in [-0.1, -0.05) is 42.5 Å². The third kappa shape index (κ3) is 2.03. The third-order valence-electron chi connectivity index (χ3n) is 5.39. The lowest BCUT2D eigenvalue weighted by molar-refractivity contribution is -0.144. The van der Waals surface area contributed by atoms with Crippen LogP contribution in [0, 0.1) is 23.7 Å². The van der Waals surface area contributed by atoms with Crippen LogP contribution in [0.15, 0.2) is 42.5 Å². The van der Waals surface area contributed by atoms with Crippen molar-refractivity contribution in [3.63, 3.8) is 0 Å². The molecule has 1 aromatic rings. The van der Waals surface area contributed by atoms with Crippen molar-refractivity contribution < 1.29 is 14.4 Å². The Morgan fingerprint density at radius 1 is 1.09 bits per heavy atom. The molecular weight excluding hydrogens is 292 g/mol. The van der Waals surface area contributed by atoms with Crippen LogP contribution >= 0.6 is 0 Å². The van der Waals surface area contributed by atoms with Gasteiger partial charge >= 0.3 is 0 Å². The van der Waals surface area contributed by atoms with Gasteiger partial charge in [-0.05, 0) is 23.8 Å². The lowest BCUT2D eigenvalue weighted by Crippen LogP contribution is -2.38. The van der Waals surface area contributed by atoms with Crippen molar-refractivity contribution in [3.8, 4) is 0 Å². The molecule has 3 amide bonds. The summed E-state index contributed by atoms with van der Waals surface area (Å²) in [7, 11) is 0. The number of allylic oxidation sites excluding steroid dienone is 2. The van der Waals surface area contributed by atoms with Gasteiger partial charge in [-0.3, -0.25) is 19.3 Å². The van der Waals surface area contributed by atoms with Crippen LogP contribution in [0.5, 0.6) is 0 Å². The first-order valence-electron chi connectivity index (χ1n) is 7.96. The van der Waals surface area contributed by atoms with Crippen LogP contribution in [0.1, 0.15) is 24.4 Å². The Hall–Kier alpha value is -2.43. The molecule has 1 saturated carbocycles. The maximum atomic E-state index is 12.9. The van der Waals surface area contributed by atoms with E-state index in [0.29, 0.717) is 0 Å². The molecule has 5 nitrogen and oxygen atoms in total. The summed E-state index contributed by atoms with van der Waals surface area (Å²) in [5.41, 5.74) is 6.14. The zero-order valence-electron chi connectivity index (χ0n) is 12.6. The molecule has 0 radical (unpaired) electrons. The average molecular weight is 310 g/mol. The van der Waals surface area contributed by atoms with Crippen LogP contribution in [-0.2, 0) is 14.4 Å². The molecule has 2 N–H and O–H groups in total. The molecule has 5 atom stereocenters. The van der Waals surface area contributed by atoms with Gasteiger partial charge in [-0.15, -0.1) is 0 Å². The number of amides is 3. The number of hydrogen-bond donors (Lipinski definition) is 1. The molecule has 23 heavy (non-hydrogen) atoms. The number of fused-ring (bicyclic) bond motifs is 5. The van der Waals surface area contributed by atoms with Crippen molar-refractivity contribution in [2.45, 2.75) is 18.9 Å². The first-order chi connectivity index (χ1) is 11.1. The van der Waals surface area contributed by atoms with Gasteiger partial charge in [-0.25, -0.2) is 0 Å². The van der Waals surface area contributed by atoms with Gasteiger partial charge in [-0.2, -0.15) is 0 Å². The maximum absolute atomic E-state index is 12.9. The fraction of sp³-hybridized carbons (Fsp3) is 0.389. The Morgan fingerprint density at radius 3 is 2.17 bits per heavy atom. The summed E-state index contributed by atoms with van der Waals surface area (Å²) in [6.07, 6.45) is 4.98. The van der Waals surface area contributed by atoms with Gasteiger partial charge in [0.15, 0.2) is 0 Å². The monoisotopic (exact) mass is 310 g/mol. The number of carbonyl (C=O) groups excluding carboxylic acids is 3. The number of benzene rings is 1. The molecule has 4 rings (SSSR count). The number of likely N-dealkylation sites (tertiary alicyclic amines) is 1. The highest BCUT2D eigenvalue weighted by Gasteiger charge is 2.60. The molecule has 0 spiro atoms. The zero-order chi connectivity index (χ0) is 16.1. The highest BCUT2D eigenvalue weighted by atomic mass is 16.2. The van der Waals surface area contributed by atoms with Gasteiger partial charge < -0.3 is 5.73 Å². The molecule has 3 aliphatic rings. The Morgan fingerprint density at radius 2 is 1.65 bits per heavy atom. The van der Waals surface area contributed by atoms with Crippen LogP contribution in [0.2, 0.25) is 0 Å². The van der Waals surface area contributed by atoms with Crippen LogP contribution in [-0.4, -0.2) is 22.6 Å². The van der Waals surface area contributed by atoms with E-state index in [0.717, 1.165) is 12.0 Å². The summed E-state index contributed by atoms with van der Waals surface area (Å²) in [6.45, 7) is 0. The Balaban J connectivity index is 1.71. The van der Waals surface area contributed by atoms with Crippen molar-refractivity contribution in [2.24, 2.45) is 29.4 Å². The standard InChI is InChI=1S/C18H18N2O3/c19-14(21)9-13(10-4-2-1-3-5-10)20-17(22)15-11-6-7-12(8-11)16(15)18(20)23/h1-7,11-13,15-16H,8-9H2,(H2,19,21)/t11-,12-,13+,15+,16+/m0/s1. The van der Waals surface area contributed by atoms with E-state index in [2.05, 4.69) is 12.2 Å². The summed E-state index contributed by atoms with van der Waals surface area (Å²) in [4.78, 5) is 38.6. The van der Waals surface area contributed by atoms with Crippen molar-refractivity contribution >= 4 is 17.7 Å². The minimum Gasteiger partial charge on any atom is -0.370 e. The second kappa shape index (κ2) is 5.05. The molecule has 0 aromatic heterocycles. The number of rotatable bonds is 4. The number of carbonyl (C=O) groups is 3. The van der Waals surface area contributed by atoms with E-state index in [1.54, 1.807) is 0 Å². The van der Waals surface area contributed by atoms with Crippen LogP contribution in [0.4, 0.5) is 0 Å². The van der Waals surface area contributed by atoms with E-state index < -0.39 is 11.9 Å². The van der Waals surface area contributed by atoms with Gasteiger partial charge in [0.1, 0.15) is 0 Å². The summed E-state index contributed by atoms with van der Waals surface area (Å²) in [5, 5.41) is 0. The number of nitrogens with zero attached hydrogens (tertiary/aromatic N) is 1. The van der Waals surface area contributed by atoms with E-state index in [1.165, 1.54) is 4.90 Å². The maximum Gasteiger partial charge on any atom is 0.234 e. The number of imide groups is 1. The average Bonchev–Trinajstić information content (AvgIpc) is 3.20. The largest absolute Gasteiger partial charge is 0.370 e. The first-order valence-corrected chi connectivity index (χ1v) is 7.96. The SMILES string of the molecule is NC(=O)C[C@H](c1ccccc1)N1C(=O)[C@H]2[C@H](C1=O)[C@H]1C=C[C@H]2C1. The third-order valence-corrected chi connectivity index (χ3v) is 5.39.